The lowest BCUT2D eigenvalue weighted by Crippen LogP contribution is -2.13. The van der Waals surface area contributed by atoms with Crippen LogP contribution in [0.25, 0.3) is 17.3 Å². The molecule has 0 saturated carbocycles. The van der Waals surface area contributed by atoms with E-state index in [4.69, 9.17) is 10.00 Å². The number of hydrogen-bond acceptors (Lipinski definition) is 5. The lowest BCUT2D eigenvalue weighted by Gasteiger charge is -2.06. The average Bonchev–Trinajstić information content (AvgIpc) is 3.28. The number of nitrogens with zero attached hydrogens (tertiary/aromatic N) is 4. The van der Waals surface area contributed by atoms with Crippen molar-refractivity contribution < 1.29 is 9.53 Å². The number of nitrogens with one attached hydrogen (secondary N) is 1. The van der Waals surface area contributed by atoms with Gasteiger partial charge < -0.3 is 10.1 Å². The second-order valence-corrected chi connectivity index (χ2v) is 7.76. The van der Waals surface area contributed by atoms with Crippen molar-refractivity contribution in [1.82, 2.24) is 9.78 Å². The zero-order valence-electron chi connectivity index (χ0n) is 19.4. The van der Waals surface area contributed by atoms with Crippen molar-refractivity contribution in [2.75, 3.05) is 12.4 Å². The molecule has 0 radical (unpaired) electrons. The first-order valence-electron chi connectivity index (χ1n) is 11.2. The van der Waals surface area contributed by atoms with Gasteiger partial charge in [0.1, 0.15) is 17.4 Å². The molecule has 0 unspecified atom stereocenters. The highest BCUT2D eigenvalue weighted by Crippen LogP contribution is 2.26. The number of aromatic nitrogens is 2. The third-order valence-corrected chi connectivity index (χ3v) is 5.30. The summed E-state index contributed by atoms with van der Waals surface area (Å²) >= 11 is 0. The highest BCUT2D eigenvalue weighted by atomic mass is 16.5. The Labute approximate surface area is 199 Å². The Morgan fingerprint density at radius 3 is 2.50 bits per heavy atom. The third kappa shape index (κ3) is 6.34. The van der Waals surface area contributed by atoms with E-state index in [-0.39, 0.29) is 5.57 Å². The molecule has 1 amide bonds. The average molecular weight is 454 g/mol. The van der Waals surface area contributed by atoms with E-state index in [1.165, 1.54) is 11.6 Å². The van der Waals surface area contributed by atoms with Crippen LogP contribution in [0.3, 0.4) is 0 Å². The van der Waals surface area contributed by atoms with Crippen molar-refractivity contribution >= 4 is 17.7 Å². The van der Waals surface area contributed by atoms with Gasteiger partial charge in [-0.3, -0.25) is 9.48 Å². The molecular weight excluding hydrogens is 426 g/mol. The molecule has 0 aliphatic carbocycles. The van der Waals surface area contributed by atoms with Crippen molar-refractivity contribution in [3.05, 3.63) is 71.4 Å². The van der Waals surface area contributed by atoms with Gasteiger partial charge in [-0.2, -0.15) is 15.6 Å². The maximum atomic E-state index is 12.8. The van der Waals surface area contributed by atoms with Crippen LogP contribution in [-0.4, -0.2) is 22.8 Å². The number of hydrogen-bond donors (Lipinski definition) is 1. The molecule has 7 heteroatoms. The maximum absolute atomic E-state index is 12.8. The summed E-state index contributed by atoms with van der Waals surface area (Å²) in [6.07, 6.45) is 6.81. The first-order valence-corrected chi connectivity index (χ1v) is 11.2. The Hall–Kier alpha value is -4.36. The predicted octanol–water partition coefficient (Wildman–Crippen LogP) is 5.36. The molecule has 0 atom stereocenters. The van der Waals surface area contributed by atoms with E-state index >= 15 is 0 Å². The topological polar surface area (TPSA) is 104 Å². The summed E-state index contributed by atoms with van der Waals surface area (Å²) in [6, 6.07) is 19.1. The van der Waals surface area contributed by atoms with Gasteiger partial charge >= 0.3 is 0 Å². The van der Waals surface area contributed by atoms with Crippen LogP contribution < -0.4 is 10.1 Å². The van der Waals surface area contributed by atoms with Gasteiger partial charge in [-0.25, -0.2) is 0 Å². The molecular formula is C27H27N5O2. The molecule has 1 heterocycles. The fourth-order valence-corrected chi connectivity index (χ4v) is 3.43. The number of unbranched alkanes of at least 4 members (excludes halogenated alkanes) is 1. The summed E-state index contributed by atoms with van der Waals surface area (Å²) in [6.45, 7) is 2.56. The summed E-state index contributed by atoms with van der Waals surface area (Å²) in [4.78, 5) is 12.8. The molecule has 3 aromatic rings. The number of methoxy groups -OCH3 is 1. The molecule has 3 rings (SSSR count). The Kier molecular flexibility index (Phi) is 8.60. The number of anilines is 1. The second-order valence-electron chi connectivity index (χ2n) is 7.76. The molecule has 1 N–H and O–H groups in total. The molecule has 2 aromatic carbocycles. The van der Waals surface area contributed by atoms with Crippen molar-refractivity contribution in [3.8, 4) is 29.1 Å². The number of rotatable bonds is 10. The molecule has 0 aliphatic heterocycles. The number of benzene rings is 2. The smallest absolute Gasteiger partial charge is 0.266 e. The number of nitriles is 2. The third-order valence-electron chi connectivity index (χ3n) is 5.30. The lowest BCUT2D eigenvalue weighted by molar-refractivity contribution is -0.112. The van der Waals surface area contributed by atoms with Crippen LogP contribution in [0.2, 0.25) is 0 Å². The van der Waals surface area contributed by atoms with E-state index < -0.39 is 5.91 Å². The largest absolute Gasteiger partial charge is 0.497 e. The fraction of sp³-hybridized carbons (Fsp3) is 0.259. The molecule has 0 bridgehead atoms. The number of amides is 1. The van der Waals surface area contributed by atoms with Crippen LogP contribution >= 0.6 is 0 Å². The Morgan fingerprint density at radius 2 is 1.88 bits per heavy atom. The van der Waals surface area contributed by atoms with Crippen molar-refractivity contribution in [3.63, 3.8) is 0 Å². The first-order chi connectivity index (χ1) is 16.6. The van der Waals surface area contributed by atoms with Crippen LogP contribution in [-0.2, 0) is 17.8 Å². The monoisotopic (exact) mass is 453 g/mol. The van der Waals surface area contributed by atoms with E-state index in [9.17, 15) is 10.1 Å². The van der Waals surface area contributed by atoms with E-state index in [2.05, 4.69) is 23.4 Å². The Balaban J connectivity index is 1.87. The zero-order valence-corrected chi connectivity index (χ0v) is 19.4. The quantitative estimate of drug-likeness (QED) is 0.329. The predicted molar refractivity (Wildman–Crippen MR) is 132 cm³/mol. The van der Waals surface area contributed by atoms with Gasteiger partial charge in [0.15, 0.2) is 0 Å². The molecule has 0 spiro atoms. The van der Waals surface area contributed by atoms with Gasteiger partial charge in [-0.15, -0.1) is 0 Å². The fourth-order valence-electron chi connectivity index (χ4n) is 3.43. The van der Waals surface area contributed by atoms with E-state index in [0.717, 1.165) is 24.8 Å². The molecule has 7 nitrogen and oxygen atoms in total. The molecule has 0 saturated heterocycles. The lowest BCUT2D eigenvalue weighted by atomic mass is 10.1. The molecule has 1 aromatic heterocycles. The minimum atomic E-state index is -0.491. The Morgan fingerprint density at radius 1 is 1.15 bits per heavy atom. The standard InChI is InChI=1S/C27H27N5O2/c1-3-4-6-20-7-11-24(12-8-20)30-27(33)22(18-29)17-23-19-32(16-5-15-28)31-26(23)21-9-13-25(34-2)14-10-21/h7-14,17,19H,3-6,16H2,1-2H3,(H,30,33). The summed E-state index contributed by atoms with van der Waals surface area (Å²) in [7, 11) is 1.59. The summed E-state index contributed by atoms with van der Waals surface area (Å²) in [5, 5.41) is 26.0. The van der Waals surface area contributed by atoms with E-state index in [0.29, 0.717) is 35.7 Å². The van der Waals surface area contributed by atoms with Crippen LogP contribution in [0.15, 0.2) is 60.3 Å². The first kappa shape index (κ1) is 24.3. The normalized spacial score (nSPS) is 10.9. The van der Waals surface area contributed by atoms with Crippen LogP contribution in [0.1, 0.15) is 37.3 Å². The number of ether oxygens (including phenoxy) is 1. The molecule has 34 heavy (non-hydrogen) atoms. The van der Waals surface area contributed by atoms with E-state index in [1.807, 2.05) is 54.6 Å². The second kappa shape index (κ2) is 12.0. The van der Waals surface area contributed by atoms with Gasteiger partial charge in [0.2, 0.25) is 0 Å². The Bertz CT molecular complexity index is 1230. The summed E-state index contributed by atoms with van der Waals surface area (Å²) in [5.41, 5.74) is 3.84. The van der Waals surface area contributed by atoms with Gasteiger partial charge in [0.05, 0.1) is 31.8 Å². The molecule has 172 valence electrons. The van der Waals surface area contributed by atoms with Crippen LogP contribution in [0.5, 0.6) is 5.75 Å². The highest BCUT2D eigenvalue weighted by Gasteiger charge is 2.15. The van der Waals surface area contributed by atoms with Gasteiger partial charge in [-0.1, -0.05) is 25.5 Å². The SMILES string of the molecule is CCCCc1ccc(NC(=O)C(C#N)=Cc2cn(CCC#N)nc2-c2ccc(OC)cc2)cc1. The summed E-state index contributed by atoms with van der Waals surface area (Å²) in [5.74, 6) is 0.219. The van der Waals surface area contributed by atoms with Gasteiger partial charge in [0.25, 0.3) is 5.91 Å². The minimum absolute atomic E-state index is 0.0374. The van der Waals surface area contributed by atoms with E-state index in [1.54, 1.807) is 18.0 Å². The summed E-state index contributed by atoms with van der Waals surface area (Å²) < 4.78 is 6.87. The molecule has 0 aliphatic rings. The maximum Gasteiger partial charge on any atom is 0.266 e. The van der Waals surface area contributed by atoms with Gasteiger partial charge in [0, 0.05) is 23.0 Å². The number of aryl methyl sites for hydroxylation is 2. The van der Waals surface area contributed by atoms with Crippen LogP contribution in [0.4, 0.5) is 5.69 Å². The molecule has 0 fully saturated rings. The van der Waals surface area contributed by atoms with Crippen molar-refractivity contribution in [1.29, 1.82) is 10.5 Å². The zero-order chi connectivity index (χ0) is 24.3. The number of carbonyl (C=O) groups excluding carboxylic acids is 1. The minimum Gasteiger partial charge on any atom is -0.497 e. The van der Waals surface area contributed by atoms with Crippen LogP contribution in [0, 0.1) is 22.7 Å². The van der Waals surface area contributed by atoms with Gasteiger partial charge in [-0.05, 0) is 60.9 Å². The highest BCUT2D eigenvalue weighted by molar-refractivity contribution is 6.10. The number of carbonyl (C=O) groups is 1. The van der Waals surface area contributed by atoms with Crippen molar-refractivity contribution in [2.24, 2.45) is 0 Å². The van der Waals surface area contributed by atoms with Crippen molar-refractivity contribution in [2.45, 2.75) is 39.2 Å².